The summed E-state index contributed by atoms with van der Waals surface area (Å²) in [5, 5.41) is 0.425. The Kier molecular flexibility index (Phi) is 8.58. The highest BCUT2D eigenvalue weighted by atomic mass is 35.5. The van der Waals surface area contributed by atoms with Crippen LogP contribution in [0.5, 0.6) is 0 Å². The van der Waals surface area contributed by atoms with Crippen LogP contribution in [-0.4, -0.2) is 21.6 Å². The van der Waals surface area contributed by atoms with Crippen molar-refractivity contribution in [2.45, 2.75) is 44.4 Å². The molecule has 0 atom stereocenters. The molecule has 2 nitrogen and oxygen atoms in total. The second-order valence-corrected chi connectivity index (χ2v) is 6.76. The van der Waals surface area contributed by atoms with Crippen molar-refractivity contribution < 1.29 is 4.79 Å². The summed E-state index contributed by atoms with van der Waals surface area (Å²) in [7, 11) is 0. The fraction of sp³-hybridized carbons (Fsp3) is 0.571. The number of rotatable bonds is 8. The number of aromatic nitrogens is 1. The van der Waals surface area contributed by atoms with Gasteiger partial charge in [0.15, 0.2) is 0 Å². The smallest absolute Gasteiger partial charge is 0.238 e. The Balaban J connectivity index is 2.72. The van der Waals surface area contributed by atoms with E-state index >= 15 is 0 Å². The zero-order valence-corrected chi connectivity index (χ0v) is 13.8. The molecule has 1 aromatic rings. The predicted molar refractivity (Wildman–Crippen MR) is 86.6 cm³/mol. The van der Waals surface area contributed by atoms with Gasteiger partial charge in [0.25, 0.3) is 0 Å². The lowest BCUT2D eigenvalue weighted by Gasteiger charge is -2.07. The Morgan fingerprint density at radius 1 is 1.21 bits per heavy atom. The maximum Gasteiger partial charge on any atom is 0.238 e. The second-order valence-electron chi connectivity index (χ2n) is 4.17. The maximum atomic E-state index is 12.2. The third-order valence-corrected chi connectivity index (χ3v) is 4.80. The number of carbonyl (C=O) groups is 1. The molecule has 0 aromatic carbocycles. The molecule has 106 valence electrons. The Labute approximate surface area is 129 Å². The quantitative estimate of drug-likeness (QED) is 0.369. The minimum absolute atomic E-state index is 0.0370. The fourth-order valence-corrected chi connectivity index (χ4v) is 3.60. The number of carbonyl (C=O) groups excluding carboxylic acids is 1. The first-order valence-electron chi connectivity index (χ1n) is 6.65. The molecule has 0 aliphatic heterocycles. The first kappa shape index (κ1) is 16.9. The zero-order chi connectivity index (χ0) is 14.1. The number of pyridine rings is 1. The highest BCUT2D eigenvalue weighted by molar-refractivity contribution is 8.14. The summed E-state index contributed by atoms with van der Waals surface area (Å²) < 4.78 is 0. The third kappa shape index (κ3) is 6.19. The van der Waals surface area contributed by atoms with Crippen molar-refractivity contribution in [3.8, 4) is 0 Å². The zero-order valence-electron chi connectivity index (χ0n) is 11.4. The molecule has 0 amide bonds. The van der Waals surface area contributed by atoms with Gasteiger partial charge in [-0.1, -0.05) is 50.1 Å². The van der Waals surface area contributed by atoms with Gasteiger partial charge in [-0.05, 0) is 30.7 Å². The molecule has 1 heterocycles. The van der Waals surface area contributed by atoms with Crippen LogP contribution in [0.25, 0.3) is 0 Å². The van der Waals surface area contributed by atoms with E-state index in [0.29, 0.717) is 10.8 Å². The molecule has 19 heavy (non-hydrogen) atoms. The van der Waals surface area contributed by atoms with E-state index in [1.54, 1.807) is 17.8 Å². The van der Waals surface area contributed by atoms with E-state index in [2.05, 4.69) is 18.8 Å². The van der Waals surface area contributed by atoms with Gasteiger partial charge in [0.1, 0.15) is 10.8 Å². The molecule has 0 N–H and O–H groups in total. The van der Waals surface area contributed by atoms with Gasteiger partial charge in [-0.25, -0.2) is 4.98 Å². The number of hydrogen-bond donors (Lipinski definition) is 0. The molecule has 1 rings (SSSR count). The molecule has 0 radical (unpaired) electrons. The lowest BCUT2D eigenvalue weighted by atomic mass is 10.4. The molecule has 0 saturated carbocycles. The molecule has 0 aliphatic carbocycles. The molecule has 0 saturated heterocycles. The van der Waals surface area contributed by atoms with Crippen molar-refractivity contribution in [2.24, 2.45) is 0 Å². The topological polar surface area (TPSA) is 30.0 Å². The summed E-state index contributed by atoms with van der Waals surface area (Å²) in [4.78, 5) is 17.3. The molecule has 0 aliphatic rings. The van der Waals surface area contributed by atoms with E-state index in [9.17, 15) is 4.79 Å². The van der Waals surface area contributed by atoms with Gasteiger partial charge in [0.05, 0.1) is 0 Å². The van der Waals surface area contributed by atoms with Crippen LogP contribution in [0.4, 0.5) is 0 Å². The fourth-order valence-electron chi connectivity index (χ4n) is 1.39. The number of nitrogens with zero attached hydrogens (tertiary/aromatic N) is 1. The molecule has 0 spiro atoms. The van der Waals surface area contributed by atoms with E-state index in [-0.39, 0.29) is 5.12 Å². The van der Waals surface area contributed by atoms with Crippen LogP contribution < -0.4 is 0 Å². The first-order valence-corrected chi connectivity index (χ1v) is 9.00. The number of halogens is 1. The van der Waals surface area contributed by atoms with Gasteiger partial charge < -0.3 is 0 Å². The van der Waals surface area contributed by atoms with Crippen LogP contribution in [0.3, 0.4) is 0 Å². The third-order valence-electron chi connectivity index (χ3n) is 2.50. The van der Waals surface area contributed by atoms with Crippen LogP contribution in [0.2, 0.25) is 5.15 Å². The first-order chi connectivity index (χ1) is 9.19. The van der Waals surface area contributed by atoms with Gasteiger partial charge >= 0.3 is 0 Å². The summed E-state index contributed by atoms with van der Waals surface area (Å²) in [6.45, 7) is 4.28. The molecule has 0 fully saturated rings. The van der Waals surface area contributed by atoms with Crippen molar-refractivity contribution in [3.63, 3.8) is 0 Å². The van der Waals surface area contributed by atoms with E-state index in [1.165, 1.54) is 11.8 Å². The van der Waals surface area contributed by atoms with Crippen LogP contribution in [0, 0.1) is 0 Å². The largest absolute Gasteiger partial charge is 0.280 e. The van der Waals surface area contributed by atoms with Gasteiger partial charge in [-0.2, -0.15) is 0 Å². The van der Waals surface area contributed by atoms with Crippen molar-refractivity contribution in [1.82, 2.24) is 4.98 Å². The van der Waals surface area contributed by atoms with Crippen molar-refractivity contribution >= 4 is 40.2 Å². The van der Waals surface area contributed by atoms with E-state index < -0.39 is 0 Å². The molecular formula is C14H20ClNOS2. The summed E-state index contributed by atoms with van der Waals surface area (Å²) in [6.07, 6.45) is 4.45. The van der Waals surface area contributed by atoms with Crippen molar-refractivity contribution in [3.05, 3.63) is 23.0 Å². The second kappa shape index (κ2) is 9.67. The normalized spacial score (nSPS) is 10.7. The molecular weight excluding hydrogens is 298 g/mol. The van der Waals surface area contributed by atoms with E-state index in [4.69, 9.17) is 11.6 Å². The summed E-state index contributed by atoms with van der Waals surface area (Å²) in [5.74, 6) is 1.86. The predicted octanol–water partition coefficient (Wildman–Crippen LogP) is 5.30. The minimum Gasteiger partial charge on any atom is -0.280 e. The molecule has 0 unspecified atom stereocenters. The van der Waals surface area contributed by atoms with Gasteiger partial charge in [0.2, 0.25) is 5.12 Å². The highest BCUT2D eigenvalue weighted by Crippen LogP contribution is 2.27. The van der Waals surface area contributed by atoms with Crippen LogP contribution in [0.15, 0.2) is 17.0 Å². The van der Waals surface area contributed by atoms with E-state index in [0.717, 1.165) is 42.1 Å². The van der Waals surface area contributed by atoms with Crippen molar-refractivity contribution in [2.75, 3.05) is 11.5 Å². The number of hydrogen-bond acceptors (Lipinski definition) is 4. The Morgan fingerprint density at radius 3 is 2.58 bits per heavy atom. The number of unbranched alkanes of at least 4 members (excludes halogenated alkanes) is 2. The minimum atomic E-state index is 0.0370. The highest BCUT2D eigenvalue weighted by Gasteiger charge is 2.14. The Morgan fingerprint density at radius 2 is 1.89 bits per heavy atom. The maximum absolute atomic E-state index is 12.2. The molecule has 0 bridgehead atoms. The average Bonchev–Trinajstić information content (AvgIpc) is 2.40. The van der Waals surface area contributed by atoms with Gasteiger partial charge in [-0.3, -0.25) is 4.79 Å². The SMILES string of the molecule is CCCCSC(=O)c1nc(Cl)ccc1SCCCC. The van der Waals surface area contributed by atoms with Crippen LogP contribution in [-0.2, 0) is 0 Å². The van der Waals surface area contributed by atoms with Crippen LogP contribution in [0.1, 0.15) is 50.0 Å². The Hall–Kier alpha value is -0.190. The standard InChI is InChI=1S/C14H20ClNOS2/c1-3-5-9-18-11-7-8-12(15)16-13(11)14(17)19-10-6-4-2/h7-8H,3-6,9-10H2,1-2H3. The summed E-state index contributed by atoms with van der Waals surface area (Å²) >= 11 is 8.94. The van der Waals surface area contributed by atoms with Crippen LogP contribution >= 0.6 is 35.1 Å². The van der Waals surface area contributed by atoms with E-state index in [1.807, 2.05) is 6.07 Å². The lowest BCUT2D eigenvalue weighted by Crippen LogP contribution is -2.02. The average molecular weight is 318 g/mol. The molecule has 1 aromatic heterocycles. The summed E-state index contributed by atoms with van der Waals surface area (Å²) in [6, 6.07) is 3.66. The monoisotopic (exact) mass is 317 g/mol. The summed E-state index contributed by atoms with van der Waals surface area (Å²) in [5.41, 5.74) is 0.523. The van der Waals surface area contributed by atoms with Crippen molar-refractivity contribution in [1.29, 1.82) is 0 Å². The van der Waals surface area contributed by atoms with Gasteiger partial charge in [0, 0.05) is 10.6 Å². The number of thioether (sulfide) groups is 2. The Bertz CT molecular complexity index is 412. The lowest BCUT2D eigenvalue weighted by molar-refractivity contribution is 0.108. The molecule has 5 heteroatoms. The van der Waals surface area contributed by atoms with Gasteiger partial charge in [-0.15, -0.1) is 11.8 Å².